The van der Waals surface area contributed by atoms with E-state index in [-0.39, 0.29) is 30.1 Å². The van der Waals surface area contributed by atoms with Crippen molar-refractivity contribution in [3.63, 3.8) is 0 Å². The van der Waals surface area contributed by atoms with Crippen LogP contribution in [-0.4, -0.2) is 64.1 Å². The van der Waals surface area contributed by atoms with Crippen molar-refractivity contribution in [1.29, 1.82) is 0 Å². The molecule has 0 spiro atoms. The number of pyridine rings is 1. The third-order valence-electron chi connectivity index (χ3n) is 3.66. The number of hydrogen-bond donors (Lipinski definition) is 2. The van der Waals surface area contributed by atoms with Crippen LogP contribution in [0.25, 0.3) is 0 Å². The minimum atomic E-state index is 0. The van der Waals surface area contributed by atoms with Crippen LogP contribution in [0.2, 0.25) is 0 Å². The van der Waals surface area contributed by atoms with Gasteiger partial charge in [0.1, 0.15) is 5.82 Å². The normalized spacial score (nSPS) is 18.0. The van der Waals surface area contributed by atoms with Crippen LogP contribution < -0.4 is 15.5 Å². The summed E-state index contributed by atoms with van der Waals surface area (Å²) in [5.74, 6) is 1.76. The molecule has 0 bridgehead atoms. The molecule has 0 radical (unpaired) electrons. The van der Waals surface area contributed by atoms with Crippen molar-refractivity contribution in [2.45, 2.75) is 19.6 Å². The van der Waals surface area contributed by atoms with E-state index in [4.69, 9.17) is 9.47 Å². The highest BCUT2D eigenvalue weighted by molar-refractivity contribution is 14.0. The number of rotatable bonds is 6. The molecule has 8 heteroatoms. The van der Waals surface area contributed by atoms with Crippen LogP contribution in [0, 0.1) is 0 Å². The van der Waals surface area contributed by atoms with Gasteiger partial charge in [-0.25, -0.2) is 4.98 Å². The lowest BCUT2D eigenvalue weighted by Crippen LogP contribution is -2.41. The molecule has 0 saturated carbocycles. The summed E-state index contributed by atoms with van der Waals surface area (Å²) in [6, 6.07) is 4.16. The predicted octanol–water partition coefficient (Wildman–Crippen LogP) is 1.24. The van der Waals surface area contributed by atoms with Crippen molar-refractivity contribution in [2.24, 2.45) is 4.99 Å². The average Bonchev–Trinajstić information content (AvgIpc) is 2.58. The topological polar surface area (TPSA) is 71.0 Å². The van der Waals surface area contributed by atoms with E-state index in [1.807, 2.05) is 6.20 Å². The summed E-state index contributed by atoms with van der Waals surface area (Å²) in [5, 5.41) is 6.44. The third-order valence-corrected chi connectivity index (χ3v) is 3.66. The summed E-state index contributed by atoms with van der Waals surface area (Å²) in [6.45, 7) is 6.69. The first-order chi connectivity index (χ1) is 11.2. The van der Waals surface area contributed by atoms with Crippen molar-refractivity contribution in [2.75, 3.05) is 51.9 Å². The molecule has 1 unspecified atom stereocenters. The fraction of sp³-hybridized carbons (Fsp3) is 0.625. The van der Waals surface area contributed by atoms with Gasteiger partial charge in [0.05, 0.1) is 19.3 Å². The van der Waals surface area contributed by atoms with Crippen LogP contribution in [0.1, 0.15) is 12.5 Å². The highest BCUT2D eigenvalue weighted by Crippen LogP contribution is 2.15. The van der Waals surface area contributed by atoms with Crippen LogP contribution in [0.5, 0.6) is 0 Å². The zero-order valence-electron chi connectivity index (χ0n) is 14.6. The second-order valence-corrected chi connectivity index (χ2v) is 5.50. The fourth-order valence-electron chi connectivity index (χ4n) is 2.41. The Hall–Kier alpha value is -1.13. The Morgan fingerprint density at radius 1 is 1.46 bits per heavy atom. The van der Waals surface area contributed by atoms with Crippen molar-refractivity contribution >= 4 is 35.8 Å². The lowest BCUT2D eigenvalue weighted by Gasteiger charge is -2.32. The van der Waals surface area contributed by atoms with Crippen LogP contribution in [0.15, 0.2) is 23.3 Å². The zero-order chi connectivity index (χ0) is 16.5. The lowest BCUT2D eigenvalue weighted by atomic mass is 10.2. The van der Waals surface area contributed by atoms with Crippen molar-refractivity contribution in [1.82, 2.24) is 15.6 Å². The smallest absolute Gasteiger partial charge is 0.191 e. The molecule has 1 aliphatic rings. The molecule has 0 amide bonds. The first-order valence-electron chi connectivity index (χ1n) is 7.98. The van der Waals surface area contributed by atoms with Crippen LogP contribution >= 0.6 is 24.0 Å². The Bertz CT molecular complexity index is 498. The fourth-order valence-corrected chi connectivity index (χ4v) is 2.41. The number of guanidine groups is 1. The number of halogens is 1. The molecule has 0 aromatic carbocycles. The molecule has 2 rings (SSSR count). The quantitative estimate of drug-likeness (QED) is 0.295. The molecule has 1 saturated heterocycles. The molecule has 2 N–H and O–H groups in total. The molecule has 1 aromatic heterocycles. The summed E-state index contributed by atoms with van der Waals surface area (Å²) >= 11 is 0. The van der Waals surface area contributed by atoms with Crippen LogP contribution in [0.4, 0.5) is 5.82 Å². The van der Waals surface area contributed by atoms with Crippen LogP contribution in [-0.2, 0) is 16.0 Å². The molecule has 7 nitrogen and oxygen atoms in total. The highest BCUT2D eigenvalue weighted by Gasteiger charge is 2.17. The lowest BCUT2D eigenvalue weighted by molar-refractivity contribution is 0.0529. The number of aromatic nitrogens is 1. The van der Waals surface area contributed by atoms with Crippen molar-refractivity contribution in [3.8, 4) is 0 Å². The SMILES string of the molecule is CN=C(NCCOC)NCc1ccc(N2CCOC(C)C2)nc1.I. The number of nitrogens with one attached hydrogen (secondary N) is 2. The molecule has 1 fully saturated rings. The van der Waals surface area contributed by atoms with E-state index in [9.17, 15) is 0 Å². The third kappa shape index (κ3) is 6.78. The largest absolute Gasteiger partial charge is 0.383 e. The number of ether oxygens (including phenoxy) is 2. The van der Waals surface area contributed by atoms with Gasteiger partial charge in [0.25, 0.3) is 0 Å². The molecule has 24 heavy (non-hydrogen) atoms. The maximum atomic E-state index is 5.56. The second-order valence-electron chi connectivity index (χ2n) is 5.50. The minimum Gasteiger partial charge on any atom is -0.383 e. The van der Waals surface area contributed by atoms with Gasteiger partial charge < -0.3 is 25.0 Å². The van der Waals surface area contributed by atoms with Crippen molar-refractivity contribution in [3.05, 3.63) is 23.9 Å². The number of nitrogens with zero attached hydrogens (tertiary/aromatic N) is 3. The maximum absolute atomic E-state index is 5.56. The van der Waals surface area contributed by atoms with Gasteiger partial charge in [-0.3, -0.25) is 4.99 Å². The second kappa shape index (κ2) is 11.4. The van der Waals surface area contributed by atoms with E-state index in [1.54, 1.807) is 14.2 Å². The summed E-state index contributed by atoms with van der Waals surface area (Å²) in [7, 11) is 3.43. The van der Waals surface area contributed by atoms with Gasteiger partial charge >= 0.3 is 0 Å². The number of morpholine rings is 1. The summed E-state index contributed by atoms with van der Waals surface area (Å²) < 4.78 is 10.6. The molecule has 1 aliphatic heterocycles. The monoisotopic (exact) mass is 449 g/mol. The van der Waals surface area contributed by atoms with Gasteiger partial charge in [0, 0.05) is 46.5 Å². The van der Waals surface area contributed by atoms with Gasteiger partial charge in [-0.2, -0.15) is 0 Å². The highest BCUT2D eigenvalue weighted by atomic mass is 127. The molecular formula is C16H28IN5O2. The summed E-state index contributed by atoms with van der Waals surface area (Å²) in [6.07, 6.45) is 2.17. The van der Waals surface area contributed by atoms with E-state index >= 15 is 0 Å². The van der Waals surface area contributed by atoms with Gasteiger partial charge in [-0.15, -0.1) is 24.0 Å². The van der Waals surface area contributed by atoms with E-state index in [0.717, 1.165) is 43.6 Å². The van der Waals surface area contributed by atoms with Gasteiger partial charge in [0.15, 0.2) is 5.96 Å². The molecule has 0 aliphatic carbocycles. The molecule has 136 valence electrons. The standard InChI is InChI=1S/C16H27N5O2.HI/c1-13-12-21(7-9-23-13)15-5-4-14(10-19-15)11-20-16(17-2)18-6-8-22-3;/h4-5,10,13H,6-9,11-12H2,1-3H3,(H2,17,18,20);1H. The minimum absolute atomic E-state index is 0. The number of anilines is 1. The van der Waals surface area contributed by atoms with Crippen LogP contribution in [0.3, 0.4) is 0 Å². The number of methoxy groups -OCH3 is 1. The zero-order valence-corrected chi connectivity index (χ0v) is 16.9. The summed E-state index contributed by atoms with van der Waals surface area (Å²) in [5.41, 5.74) is 1.12. The molecule has 1 atom stereocenters. The molecule has 1 aromatic rings. The van der Waals surface area contributed by atoms with E-state index in [0.29, 0.717) is 13.2 Å². The Kier molecular flexibility index (Phi) is 9.96. The van der Waals surface area contributed by atoms with Crippen molar-refractivity contribution < 1.29 is 9.47 Å². The predicted molar refractivity (Wildman–Crippen MR) is 107 cm³/mol. The number of aliphatic imine (C=N–C) groups is 1. The Morgan fingerprint density at radius 3 is 2.92 bits per heavy atom. The van der Waals surface area contributed by atoms with Gasteiger partial charge in [0.2, 0.25) is 0 Å². The average molecular weight is 449 g/mol. The van der Waals surface area contributed by atoms with E-state index < -0.39 is 0 Å². The molecular weight excluding hydrogens is 421 g/mol. The molecule has 2 heterocycles. The Labute approximate surface area is 161 Å². The maximum Gasteiger partial charge on any atom is 0.191 e. The van der Waals surface area contributed by atoms with Gasteiger partial charge in [-0.1, -0.05) is 6.07 Å². The first-order valence-corrected chi connectivity index (χ1v) is 7.98. The Balaban J connectivity index is 0.00000288. The summed E-state index contributed by atoms with van der Waals surface area (Å²) in [4.78, 5) is 11.0. The van der Waals surface area contributed by atoms with E-state index in [1.165, 1.54) is 0 Å². The van der Waals surface area contributed by atoms with E-state index in [2.05, 4.69) is 44.6 Å². The number of hydrogen-bond acceptors (Lipinski definition) is 5. The van der Waals surface area contributed by atoms with Gasteiger partial charge in [-0.05, 0) is 18.6 Å². The Morgan fingerprint density at radius 2 is 2.29 bits per heavy atom. The first kappa shape index (κ1) is 20.9.